The zero-order chi connectivity index (χ0) is 22.4. The molecular weight excluding hydrogens is 801 g/mol. The number of hydrogen-bond donors (Lipinski definition) is 1. The van der Waals surface area contributed by atoms with Crippen molar-refractivity contribution in [3.05, 3.63) is 86.5 Å². The Labute approximate surface area is 229 Å². The molecule has 9 heteroatoms. The summed E-state index contributed by atoms with van der Waals surface area (Å²) in [5.74, 6) is 1.18. The van der Waals surface area contributed by atoms with Crippen LogP contribution in [0.25, 0.3) is 0 Å². The van der Waals surface area contributed by atoms with Crippen molar-refractivity contribution in [3.8, 4) is 11.5 Å². The van der Waals surface area contributed by atoms with Crippen LogP contribution in [0, 0.1) is 10.7 Å². The average molecular weight is 817 g/mol. The Bertz CT molecular complexity index is 1100. The lowest BCUT2D eigenvalue weighted by Gasteiger charge is -2.11. The molecule has 31 heavy (non-hydrogen) atoms. The van der Waals surface area contributed by atoms with Gasteiger partial charge in [-0.15, -0.1) is 0 Å². The molecule has 0 saturated heterocycles. The SMILES string of the molecule is COc1cc(C(=O)N/N=C\c2cc(I)c(OCc3ccc(Br)cc3)c(I)c2)ccc1I. The van der Waals surface area contributed by atoms with Crippen molar-refractivity contribution in [2.75, 3.05) is 7.11 Å². The van der Waals surface area contributed by atoms with E-state index in [2.05, 4.69) is 94.2 Å². The van der Waals surface area contributed by atoms with Crippen molar-refractivity contribution in [2.45, 2.75) is 6.61 Å². The first-order valence-electron chi connectivity index (χ1n) is 8.90. The van der Waals surface area contributed by atoms with Gasteiger partial charge in [0, 0.05) is 10.0 Å². The van der Waals surface area contributed by atoms with Crippen LogP contribution >= 0.6 is 83.7 Å². The molecule has 0 spiro atoms. The van der Waals surface area contributed by atoms with Gasteiger partial charge in [0.2, 0.25) is 0 Å². The fourth-order valence-electron chi connectivity index (χ4n) is 2.56. The third-order valence-electron chi connectivity index (χ3n) is 4.11. The van der Waals surface area contributed by atoms with Crippen LogP contribution in [-0.4, -0.2) is 19.2 Å². The van der Waals surface area contributed by atoms with Crippen molar-refractivity contribution in [2.24, 2.45) is 5.10 Å². The first kappa shape index (κ1) is 24.7. The van der Waals surface area contributed by atoms with Crippen molar-refractivity contribution in [1.29, 1.82) is 0 Å². The largest absolute Gasteiger partial charge is 0.496 e. The van der Waals surface area contributed by atoms with Crippen LogP contribution in [-0.2, 0) is 6.61 Å². The lowest BCUT2D eigenvalue weighted by Crippen LogP contribution is -2.17. The number of carbonyl (C=O) groups is 1. The zero-order valence-electron chi connectivity index (χ0n) is 16.2. The molecule has 0 aliphatic rings. The molecular formula is C22H16BrI3N2O3. The standard InChI is InChI=1S/C22H16BrI3N2O3/c1-30-20-10-15(4-7-17(20)24)22(29)28-27-11-14-8-18(25)21(19(26)9-14)31-12-13-2-5-16(23)6-3-13/h2-11H,12H2,1H3,(H,28,29)/b27-11-. The highest BCUT2D eigenvalue weighted by molar-refractivity contribution is 14.1. The van der Waals surface area contributed by atoms with Crippen LogP contribution in [0.3, 0.4) is 0 Å². The van der Waals surface area contributed by atoms with Crippen LogP contribution in [0.4, 0.5) is 0 Å². The summed E-state index contributed by atoms with van der Waals surface area (Å²) in [5, 5.41) is 4.09. The van der Waals surface area contributed by atoms with Gasteiger partial charge in [-0.25, -0.2) is 5.43 Å². The van der Waals surface area contributed by atoms with Crippen LogP contribution in [0.2, 0.25) is 0 Å². The summed E-state index contributed by atoms with van der Waals surface area (Å²) in [7, 11) is 1.58. The number of halogens is 4. The molecule has 0 aromatic heterocycles. The number of benzene rings is 3. The number of carbonyl (C=O) groups excluding carboxylic acids is 1. The van der Waals surface area contributed by atoms with Crippen LogP contribution in [0.15, 0.2) is 64.2 Å². The first-order valence-corrected chi connectivity index (χ1v) is 12.9. The van der Waals surface area contributed by atoms with E-state index in [9.17, 15) is 4.79 Å². The predicted octanol–water partition coefficient (Wildman–Crippen LogP) is 6.61. The van der Waals surface area contributed by atoms with E-state index in [1.807, 2.05) is 42.5 Å². The number of nitrogens with zero attached hydrogens (tertiary/aromatic N) is 1. The Morgan fingerprint density at radius 1 is 1.03 bits per heavy atom. The van der Waals surface area contributed by atoms with Crippen molar-refractivity contribution >= 4 is 95.8 Å². The molecule has 3 rings (SSSR count). The molecule has 0 heterocycles. The predicted molar refractivity (Wildman–Crippen MR) is 151 cm³/mol. The molecule has 0 radical (unpaired) electrons. The van der Waals surface area contributed by atoms with Crippen LogP contribution in [0.5, 0.6) is 11.5 Å². The van der Waals surface area contributed by atoms with E-state index in [4.69, 9.17) is 9.47 Å². The average Bonchev–Trinajstić information content (AvgIpc) is 2.74. The molecule has 0 saturated carbocycles. The van der Waals surface area contributed by atoms with Gasteiger partial charge in [0.25, 0.3) is 5.91 Å². The van der Waals surface area contributed by atoms with E-state index in [1.165, 1.54) is 0 Å². The molecule has 0 aliphatic carbocycles. The molecule has 0 unspecified atom stereocenters. The Morgan fingerprint density at radius 2 is 1.71 bits per heavy atom. The fourth-order valence-corrected chi connectivity index (χ4v) is 5.51. The Morgan fingerprint density at radius 3 is 2.35 bits per heavy atom. The quantitative estimate of drug-likeness (QED) is 0.166. The van der Waals surface area contributed by atoms with E-state index < -0.39 is 0 Å². The van der Waals surface area contributed by atoms with E-state index in [0.717, 1.165) is 32.1 Å². The number of nitrogens with one attached hydrogen (secondary N) is 1. The monoisotopic (exact) mass is 816 g/mol. The second kappa shape index (κ2) is 11.8. The summed E-state index contributed by atoms with van der Waals surface area (Å²) in [6, 6.07) is 17.2. The molecule has 3 aromatic rings. The van der Waals surface area contributed by atoms with Crippen molar-refractivity contribution < 1.29 is 14.3 Å². The highest BCUT2D eigenvalue weighted by atomic mass is 127. The maximum absolute atomic E-state index is 12.3. The van der Waals surface area contributed by atoms with Crippen LogP contribution < -0.4 is 14.9 Å². The van der Waals surface area contributed by atoms with Crippen LogP contribution in [0.1, 0.15) is 21.5 Å². The molecule has 0 fully saturated rings. The number of ether oxygens (including phenoxy) is 2. The fraction of sp³-hybridized carbons (Fsp3) is 0.0909. The second-order valence-electron chi connectivity index (χ2n) is 6.28. The van der Waals surface area contributed by atoms with Gasteiger partial charge < -0.3 is 9.47 Å². The zero-order valence-corrected chi connectivity index (χ0v) is 24.2. The van der Waals surface area contributed by atoms with Gasteiger partial charge in [-0.1, -0.05) is 28.1 Å². The van der Waals surface area contributed by atoms with Crippen molar-refractivity contribution in [1.82, 2.24) is 5.43 Å². The summed E-state index contributed by atoms with van der Waals surface area (Å²) in [6.45, 7) is 0.488. The molecule has 0 aliphatic heterocycles. The lowest BCUT2D eigenvalue weighted by molar-refractivity contribution is 0.0954. The minimum atomic E-state index is -0.301. The lowest BCUT2D eigenvalue weighted by atomic mass is 10.2. The first-order chi connectivity index (χ1) is 14.9. The third-order valence-corrected chi connectivity index (χ3v) is 7.13. The Kier molecular flexibility index (Phi) is 9.40. The van der Waals surface area contributed by atoms with E-state index in [0.29, 0.717) is 17.9 Å². The van der Waals surface area contributed by atoms with Gasteiger partial charge in [-0.2, -0.15) is 5.10 Å². The van der Waals surface area contributed by atoms with Gasteiger partial charge in [0.1, 0.15) is 18.1 Å². The maximum Gasteiger partial charge on any atom is 0.271 e. The summed E-state index contributed by atoms with van der Waals surface area (Å²) >= 11 is 10.1. The van der Waals surface area contributed by atoms with E-state index in [1.54, 1.807) is 25.5 Å². The van der Waals surface area contributed by atoms with Gasteiger partial charge >= 0.3 is 0 Å². The highest BCUT2D eigenvalue weighted by Crippen LogP contribution is 2.29. The number of amides is 1. The summed E-state index contributed by atoms with van der Waals surface area (Å²) in [5.41, 5.74) is 5.00. The summed E-state index contributed by atoms with van der Waals surface area (Å²) < 4.78 is 15.2. The maximum atomic E-state index is 12.3. The second-order valence-corrected chi connectivity index (χ2v) is 10.7. The smallest absolute Gasteiger partial charge is 0.271 e. The van der Waals surface area contributed by atoms with E-state index >= 15 is 0 Å². The normalized spacial score (nSPS) is 10.9. The Balaban J connectivity index is 1.64. The topological polar surface area (TPSA) is 59.9 Å². The number of rotatable bonds is 7. The molecule has 160 valence electrons. The van der Waals surface area contributed by atoms with Gasteiger partial charge in [0.15, 0.2) is 0 Å². The van der Waals surface area contributed by atoms with E-state index in [-0.39, 0.29) is 5.91 Å². The number of methoxy groups -OCH3 is 1. The molecule has 1 N–H and O–H groups in total. The summed E-state index contributed by atoms with van der Waals surface area (Å²) in [6.07, 6.45) is 1.62. The van der Waals surface area contributed by atoms with Crippen molar-refractivity contribution in [3.63, 3.8) is 0 Å². The molecule has 5 nitrogen and oxygen atoms in total. The van der Waals surface area contributed by atoms with Gasteiger partial charge in [-0.05, 0) is 121 Å². The minimum absolute atomic E-state index is 0.301. The summed E-state index contributed by atoms with van der Waals surface area (Å²) in [4.78, 5) is 12.3. The van der Waals surface area contributed by atoms with Gasteiger partial charge in [-0.3, -0.25) is 4.79 Å². The third kappa shape index (κ3) is 7.02. The molecule has 0 atom stereocenters. The molecule has 1 amide bonds. The number of hydrazone groups is 1. The molecule has 3 aromatic carbocycles. The van der Waals surface area contributed by atoms with Gasteiger partial charge in [0.05, 0.1) is 24.0 Å². The molecule has 0 bridgehead atoms. The Hall–Kier alpha value is -0.930. The number of hydrogen-bond acceptors (Lipinski definition) is 4. The highest BCUT2D eigenvalue weighted by Gasteiger charge is 2.10. The minimum Gasteiger partial charge on any atom is -0.496 e.